The summed E-state index contributed by atoms with van der Waals surface area (Å²) >= 11 is 1.54. The largest absolute Gasteiger partial charge is 0.454 e. The molecule has 0 aliphatic rings. The van der Waals surface area contributed by atoms with Gasteiger partial charge in [0.2, 0.25) is 0 Å². The lowest BCUT2D eigenvalue weighted by molar-refractivity contribution is -0.384. The Morgan fingerprint density at radius 3 is 2.59 bits per heavy atom. The number of para-hydroxylation sites is 1. The number of fused-ring (bicyclic) bond motifs is 1. The van der Waals surface area contributed by atoms with Crippen LogP contribution in [0.15, 0.2) is 71.2 Å². The summed E-state index contributed by atoms with van der Waals surface area (Å²) < 4.78 is 6.83. The van der Waals surface area contributed by atoms with Gasteiger partial charge in [0, 0.05) is 17.7 Å². The molecule has 4 rings (SSSR count). The predicted molar refractivity (Wildman–Crippen MR) is 104 cm³/mol. The maximum absolute atomic E-state index is 12.2. The van der Waals surface area contributed by atoms with E-state index in [4.69, 9.17) is 4.42 Å². The zero-order valence-corrected chi connectivity index (χ0v) is 14.7. The van der Waals surface area contributed by atoms with Gasteiger partial charge in [0.1, 0.15) is 5.76 Å². The standard InChI is InChI=1S/C20H12N2O4S/c23-17(13-5-7-14(8-6-13)22(24)25)11-9-15-10-12-18(26-15)20-21-16-3-1-2-4-19(16)27-20/h1-12H. The summed E-state index contributed by atoms with van der Waals surface area (Å²) in [4.78, 5) is 26.9. The lowest BCUT2D eigenvalue weighted by atomic mass is 10.1. The fourth-order valence-electron chi connectivity index (χ4n) is 2.54. The number of thiazole rings is 1. The van der Waals surface area contributed by atoms with Gasteiger partial charge in [-0.3, -0.25) is 14.9 Å². The molecule has 2 aromatic heterocycles. The number of aromatic nitrogens is 1. The number of non-ortho nitro benzene ring substituents is 1. The maximum Gasteiger partial charge on any atom is 0.269 e. The molecule has 4 aromatic rings. The minimum absolute atomic E-state index is 0.0537. The van der Waals surface area contributed by atoms with Crippen molar-refractivity contribution in [3.05, 3.63) is 88.2 Å². The summed E-state index contributed by atoms with van der Waals surface area (Å²) in [6.45, 7) is 0. The van der Waals surface area contributed by atoms with Crippen LogP contribution in [0.25, 0.3) is 27.1 Å². The Bertz CT molecular complexity index is 1140. The van der Waals surface area contributed by atoms with Crippen molar-refractivity contribution in [1.82, 2.24) is 4.98 Å². The van der Waals surface area contributed by atoms with Crippen LogP contribution in [-0.2, 0) is 0 Å². The molecule has 6 nitrogen and oxygen atoms in total. The molecule has 0 aliphatic heterocycles. The lowest BCUT2D eigenvalue weighted by Crippen LogP contribution is -1.95. The minimum atomic E-state index is -0.503. The highest BCUT2D eigenvalue weighted by Gasteiger charge is 2.10. The van der Waals surface area contributed by atoms with Crippen LogP contribution in [0.4, 0.5) is 5.69 Å². The Morgan fingerprint density at radius 1 is 1.07 bits per heavy atom. The summed E-state index contributed by atoms with van der Waals surface area (Å²) in [5.74, 6) is 0.904. The molecule has 0 unspecified atom stereocenters. The first kappa shape index (κ1) is 16.9. The summed E-state index contributed by atoms with van der Waals surface area (Å²) in [6, 6.07) is 16.9. The molecule has 0 saturated carbocycles. The fraction of sp³-hybridized carbons (Fsp3) is 0. The van der Waals surface area contributed by atoms with Gasteiger partial charge in [-0.05, 0) is 48.6 Å². The average Bonchev–Trinajstić information content (AvgIpc) is 3.32. The molecular formula is C20H12N2O4S. The number of furan rings is 1. The first-order valence-corrected chi connectivity index (χ1v) is 8.84. The molecule has 0 fully saturated rings. The van der Waals surface area contributed by atoms with Crippen molar-refractivity contribution in [3.8, 4) is 10.8 Å². The summed E-state index contributed by atoms with van der Waals surface area (Å²) in [6.07, 6.45) is 2.95. The highest BCUT2D eigenvalue weighted by molar-refractivity contribution is 7.21. The molecule has 0 spiro atoms. The maximum atomic E-state index is 12.2. The van der Waals surface area contributed by atoms with Crippen molar-refractivity contribution in [2.45, 2.75) is 0 Å². The predicted octanol–water partition coefficient (Wildman–Crippen LogP) is 5.36. The van der Waals surface area contributed by atoms with E-state index in [9.17, 15) is 14.9 Å². The molecule has 0 saturated heterocycles. The van der Waals surface area contributed by atoms with Crippen LogP contribution < -0.4 is 0 Å². The second-order valence-electron chi connectivity index (χ2n) is 5.69. The van der Waals surface area contributed by atoms with Gasteiger partial charge in [0.05, 0.1) is 15.1 Å². The third-order valence-corrected chi connectivity index (χ3v) is 4.94. The lowest BCUT2D eigenvalue weighted by Gasteiger charge is -1.95. The molecule has 27 heavy (non-hydrogen) atoms. The van der Waals surface area contributed by atoms with Crippen molar-refractivity contribution < 1.29 is 14.1 Å². The molecule has 2 aromatic carbocycles. The topological polar surface area (TPSA) is 86.2 Å². The second-order valence-corrected chi connectivity index (χ2v) is 6.72. The molecule has 132 valence electrons. The zero-order valence-electron chi connectivity index (χ0n) is 13.9. The summed E-state index contributed by atoms with van der Waals surface area (Å²) in [5, 5.41) is 11.4. The zero-order chi connectivity index (χ0) is 18.8. The van der Waals surface area contributed by atoms with Crippen molar-refractivity contribution >= 4 is 39.1 Å². The SMILES string of the molecule is O=C(C=Cc1ccc(-c2nc3ccccc3s2)o1)c1ccc([N+](=O)[O-])cc1. The van der Waals surface area contributed by atoms with E-state index < -0.39 is 4.92 Å². The second kappa shape index (κ2) is 6.97. The van der Waals surface area contributed by atoms with E-state index in [2.05, 4.69) is 4.98 Å². The number of nitro benzene ring substituents is 1. The molecule has 0 atom stereocenters. The first-order valence-electron chi connectivity index (χ1n) is 8.03. The number of carbonyl (C=O) groups excluding carboxylic acids is 1. The number of carbonyl (C=O) groups is 1. The van der Waals surface area contributed by atoms with E-state index in [0.29, 0.717) is 17.1 Å². The molecule has 0 radical (unpaired) electrons. The molecule has 0 N–H and O–H groups in total. The molecule has 0 aliphatic carbocycles. The van der Waals surface area contributed by atoms with Crippen LogP contribution in [-0.4, -0.2) is 15.7 Å². The number of hydrogen-bond acceptors (Lipinski definition) is 6. The van der Waals surface area contributed by atoms with Crippen LogP contribution in [0.1, 0.15) is 16.1 Å². The summed E-state index contributed by atoms with van der Waals surface area (Å²) in [5.41, 5.74) is 1.23. The van der Waals surface area contributed by atoms with Crippen LogP contribution in [0.3, 0.4) is 0 Å². The normalized spacial score (nSPS) is 11.3. The van der Waals surface area contributed by atoms with E-state index in [-0.39, 0.29) is 11.5 Å². The van der Waals surface area contributed by atoms with Gasteiger partial charge < -0.3 is 4.42 Å². The Balaban J connectivity index is 1.51. The van der Waals surface area contributed by atoms with Gasteiger partial charge in [-0.15, -0.1) is 11.3 Å². The van der Waals surface area contributed by atoms with E-state index in [1.54, 1.807) is 12.1 Å². The molecule has 0 bridgehead atoms. The highest BCUT2D eigenvalue weighted by Crippen LogP contribution is 2.31. The molecule has 2 heterocycles. The number of hydrogen-bond donors (Lipinski definition) is 0. The first-order chi connectivity index (χ1) is 13.1. The monoisotopic (exact) mass is 376 g/mol. The highest BCUT2D eigenvalue weighted by atomic mass is 32.1. The molecule has 7 heteroatoms. The number of nitrogens with zero attached hydrogens (tertiary/aromatic N) is 2. The number of allylic oxidation sites excluding steroid dienone is 1. The Hall–Kier alpha value is -3.58. The molecule has 0 amide bonds. The fourth-order valence-corrected chi connectivity index (χ4v) is 3.46. The van der Waals surface area contributed by atoms with E-state index >= 15 is 0 Å². The van der Waals surface area contributed by atoms with Gasteiger partial charge in [-0.25, -0.2) is 4.98 Å². The average molecular weight is 376 g/mol. The van der Waals surface area contributed by atoms with Gasteiger partial charge in [0.15, 0.2) is 16.6 Å². The Labute approximate surface area is 157 Å². The van der Waals surface area contributed by atoms with E-state index in [1.165, 1.54) is 41.7 Å². The minimum Gasteiger partial charge on any atom is -0.454 e. The van der Waals surface area contributed by atoms with Gasteiger partial charge in [0.25, 0.3) is 5.69 Å². The number of rotatable bonds is 5. The van der Waals surface area contributed by atoms with Crippen molar-refractivity contribution in [2.24, 2.45) is 0 Å². The van der Waals surface area contributed by atoms with Crippen molar-refractivity contribution in [2.75, 3.05) is 0 Å². The van der Waals surface area contributed by atoms with Gasteiger partial charge >= 0.3 is 0 Å². The van der Waals surface area contributed by atoms with Crippen LogP contribution in [0, 0.1) is 10.1 Å². The smallest absolute Gasteiger partial charge is 0.269 e. The number of benzene rings is 2. The number of nitro groups is 1. The number of ketones is 1. The van der Waals surface area contributed by atoms with Crippen LogP contribution in [0.5, 0.6) is 0 Å². The van der Waals surface area contributed by atoms with E-state index in [0.717, 1.165) is 15.2 Å². The van der Waals surface area contributed by atoms with Crippen molar-refractivity contribution in [3.63, 3.8) is 0 Å². The Morgan fingerprint density at radius 2 is 1.85 bits per heavy atom. The van der Waals surface area contributed by atoms with Gasteiger partial charge in [-0.2, -0.15) is 0 Å². The third-order valence-electron chi connectivity index (χ3n) is 3.89. The third kappa shape index (κ3) is 3.54. The van der Waals surface area contributed by atoms with Crippen LogP contribution in [0.2, 0.25) is 0 Å². The molecular weight excluding hydrogens is 364 g/mol. The van der Waals surface area contributed by atoms with Crippen LogP contribution >= 0.6 is 11.3 Å². The van der Waals surface area contributed by atoms with E-state index in [1.807, 2.05) is 30.3 Å². The van der Waals surface area contributed by atoms with Crippen molar-refractivity contribution in [1.29, 1.82) is 0 Å². The summed E-state index contributed by atoms with van der Waals surface area (Å²) in [7, 11) is 0. The van der Waals surface area contributed by atoms with Gasteiger partial charge in [-0.1, -0.05) is 12.1 Å². The Kier molecular flexibility index (Phi) is 4.35. The quantitative estimate of drug-likeness (QED) is 0.202.